The van der Waals surface area contributed by atoms with E-state index in [-0.39, 0.29) is 13.0 Å². The summed E-state index contributed by atoms with van der Waals surface area (Å²) in [6.07, 6.45) is -0.716. The third-order valence-corrected chi connectivity index (χ3v) is 2.64. The normalized spacial score (nSPS) is 10.3. The first kappa shape index (κ1) is 20.0. The van der Waals surface area contributed by atoms with Gasteiger partial charge in [-0.05, 0) is 39.0 Å². The fraction of sp³-hybridized carbons (Fsp3) is 0.412. The lowest BCUT2D eigenvalue weighted by Crippen LogP contribution is -2.34. The van der Waals surface area contributed by atoms with E-state index >= 15 is 0 Å². The van der Waals surface area contributed by atoms with Crippen molar-refractivity contribution in [2.45, 2.75) is 32.8 Å². The van der Waals surface area contributed by atoms with Crippen molar-refractivity contribution >= 4 is 23.7 Å². The largest absolute Gasteiger partial charge is 0.456 e. The minimum atomic E-state index is -0.629. The van der Waals surface area contributed by atoms with Crippen molar-refractivity contribution < 1.29 is 23.9 Å². The number of hydrogen-bond acceptors (Lipinski definition) is 6. The van der Waals surface area contributed by atoms with Gasteiger partial charge >= 0.3 is 12.1 Å². The molecule has 0 fully saturated rings. The van der Waals surface area contributed by atoms with Crippen molar-refractivity contribution in [3.05, 3.63) is 29.8 Å². The van der Waals surface area contributed by atoms with Gasteiger partial charge in [-0.2, -0.15) is 5.26 Å². The number of amides is 2. The summed E-state index contributed by atoms with van der Waals surface area (Å²) in [4.78, 5) is 34.6. The Hall–Kier alpha value is -3.08. The molecule has 0 saturated carbocycles. The average molecular weight is 347 g/mol. The van der Waals surface area contributed by atoms with E-state index < -0.39 is 30.2 Å². The number of rotatable bonds is 6. The number of hydrogen-bond donors (Lipinski definition) is 2. The zero-order valence-electron chi connectivity index (χ0n) is 14.4. The number of benzene rings is 1. The van der Waals surface area contributed by atoms with Crippen molar-refractivity contribution in [3.8, 4) is 6.07 Å². The zero-order valence-corrected chi connectivity index (χ0v) is 14.4. The van der Waals surface area contributed by atoms with Crippen molar-refractivity contribution in [1.82, 2.24) is 5.32 Å². The lowest BCUT2D eigenvalue weighted by molar-refractivity contribution is -0.147. The molecule has 8 nitrogen and oxygen atoms in total. The van der Waals surface area contributed by atoms with Gasteiger partial charge in [0.15, 0.2) is 6.61 Å². The highest BCUT2D eigenvalue weighted by molar-refractivity contribution is 5.92. The number of nitriles is 1. The maximum absolute atomic E-state index is 11.7. The topological polar surface area (TPSA) is 118 Å². The van der Waals surface area contributed by atoms with E-state index in [1.54, 1.807) is 39.0 Å². The van der Waals surface area contributed by atoms with Crippen molar-refractivity contribution in [3.63, 3.8) is 0 Å². The maximum Gasteiger partial charge on any atom is 0.407 e. The molecule has 0 aliphatic rings. The van der Waals surface area contributed by atoms with E-state index in [4.69, 9.17) is 14.7 Å². The summed E-state index contributed by atoms with van der Waals surface area (Å²) in [5.74, 6) is -1.15. The van der Waals surface area contributed by atoms with E-state index in [2.05, 4.69) is 10.6 Å². The van der Waals surface area contributed by atoms with Crippen LogP contribution in [0.1, 0.15) is 32.8 Å². The second-order valence-corrected chi connectivity index (χ2v) is 6.08. The Balaban J connectivity index is 2.26. The van der Waals surface area contributed by atoms with Crippen molar-refractivity contribution in [2.75, 3.05) is 18.5 Å². The first-order valence-electron chi connectivity index (χ1n) is 7.62. The summed E-state index contributed by atoms with van der Waals surface area (Å²) < 4.78 is 9.82. The lowest BCUT2D eigenvalue weighted by atomic mass is 10.2. The Kier molecular flexibility index (Phi) is 7.41. The number of anilines is 1. The van der Waals surface area contributed by atoms with E-state index in [1.165, 1.54) is 6.07 Å². The quantitative estimate of drug-likeness (QED) is 0.760. The molecule has 0 saturated heterocycles. The second-order valence-electron chi connectivity index (χ2n) is 6.08. The molecule has 0 heterocycles. The van der Waals surface area contributed by atoms with E-state index in [0.29, 0.717) is 11.3 Å². The summed E-state index contributed by atoms with van der Waals surface area (Å²) in [6.45, 7) is 4.77. The number of nitrogens with one attached hydrogen (secondary N) is 2. The van der Waals surface area contributed by atoms with Crippen LogP contribution in [0.25, 0.3) is 0 Å². The number of esters is 1. The summed E-state index contributed by atoms with van der Waals surface area (Å²) >= 11 is 0. The molecule has 1 aromatic carbocycles. The van der Waals surface area contributed by atoms with Crippen LogP contribution >= 0.6 is 0 Å². The first-order chi connectivity index (χ1) is 11.7. The molecule has 0 unspecified atom stereocenters. The highest BCUT2D eigenvalue weighted by Gasteiger charge is 2.16. The van der Waals surface area contributed by atoms with Crippen LogP contribution in [0.4, 0.5) is 10.5 Å². The number of alkyl carbamates (subject to hydrolysis) is 1. The Labute approximate surface area is 146 Å². The van der Waals surface area contributed by atoms with Gasteiger partial charge in [-0.3, -0.25) is 9.59 Å². The minimum Gasteiger partial charge on any atom is -0.456 e. The highest BCUT2D eigenvalue weighted by Crippen LogP contribution is 2.09. The second kappa shape index (κ2) is 9.27. The van der Waals surface area contributed by atoms with Gasteiger partial charge in [-0.15, -0.1) is 0 Å². The van der Waals surface area contributed by atoms with Gasteiger partial charge < -0.3 is 20.1 Å². The first-order valence-corrected chi connectivity index (χ1v) is 7.62. The van der Waals surface area contributed by atoms with Gasteiger partial charge in [0.1, 0.15) is 5.60 Å². The predicted molar refractivity (Wildman–Crippen MR) is 89.6 cm³/mol. The molecule has 0 atom stereocenters. The van der Waals surface area contributed by atoms with Gasteiger partial charge in [-0.1, -0.05) is 6.07 Å². The molecule has 1 rings (SSSR count). The van der Waals surface area contributed by atoms with E-state index in [1.807, 2.05) is 6.07 Å². The standard InChI is InChI=1S/C17H21N3O5/c1-17(2,3)25-16(23)19-8-7-15(22)24-11-14(21)20-13-6-4-5-12(9-13)10-18/h4-6,9H,7-8,11H2,1-3H3,(H,19,23)(H,20,21). The van der Waals surface area contributed by atoms with Crippen molar-refractivity contribution in [1.29, 1.82) is 5.26 Å². The molecule has 0 aromatic heterocycles. The molecule has 0 radical (unpaired) electrons. The fourth-order valence-electron chi connectivity index (χ4n) is 1.66. The van der Waals surface area contributed by atoms with E-state index in [0.717, 1.165) is 0 Å². The van der Waals surface area contributed by atoms with Crippen LogP contribution in [0.15, 0.2) is 24.3 Å². The molecule has 0 bridgehead atoms. The molecule has 0 spiro atoms. The molecular weight excluding hydrogens is 326 g/mol. The lowest BCUT2D eigenvalue weighted by Gasteiger charge is -2.19. The highest BCUT2D eigenvalue weighted by atomic mass is 16.6. The van der Waals surface area contributed by atoms with Crippen LogP contribution in [0.2, 0.25) is 0 Å². The summed E-state index contributed by atoms with van der Waals surface area (Å²) in [6, 6.07) is 8.31. The third-order valence-electron chi connectivity index (χ3n) is 2.64. The van der Waals surface area contributed by atoms with Gasteiger partial charge in [0.25, 0.3) is 5.91 Å². The van der Waals surface area contributed by atoms with Gasteiger partial charge in [0.05, 0.1) is 18.1 Å². The number of carbonyl (C=O) groups excluding carboxylic acids is 3. The third kappa shape index (κ3) is 8.95. The molecule has 0 aliphatic carbocycles. The van der Waals surface area contributed by atoms with Crippen LogP contribution in [-0.2, 0) is 19.1 Å². The summed E-state index contributed by atoms with van der Waals surface area (Å²) in [5.41, 5.74) is 0.223. The Bertz CT molecular complexity index is 674. The maximum atomic E-state index is 11.7. The molecule has 8 heteroatoms. The molecule has 2 N–H and O–H groups in total. The number of nitrogens with zero attached hydrogens (tertiary/aromatic N) is 1. The molecule has 25 heavy (non-hydrogen) atoms. The zero-order chi connectivity index (χ0) is 18.9. The van der Waals surface area contributed by atoms with Gasteiger partial charge in [0, 0.05) is 12.2 Å². The summed E-state index contributed by atoms with van der Waals surface area (Å²) in [7, 11) is 0. The van der Waals surface area contributed by atoms with Crippen LogP contribution < -0.4 is 10.6 Å². The minimum absolute atomic E-state index is 0.0413. The van der Waals surface area contributed by atoms with Crippen molar-refractivity contribution in [2.24, 2.45) is 0 Å². The Morgan fingerprint density at radius 2 is 1.96 bits per heavy atom. The number of carbonyl (C=O) groups is 3. The molecular formula is C17H21N3O5. The van der Waals surface area contributed by atoms with Gasteiger partial charge in [-0.25, -0.2) is 4.79 Å². The Morgan fingerprint density at radius 1 is 1.24 bits per heavy atom. The monoisotopic (exact) mass is 347 g/mol. The van der Waals surface area contributed by atoms with Crippen LogP contribution in [0.3, 0.4) is 0 Å². The smallest absolute Gasteiger partial charge is 0.407 e. The Morgan fingerprint density at radius 3 is 2.60 bits per heavy atom. The molecule has 0 aliphatic heterocycles. The van der Waals surface area contributed by atoms with Crippen LogP contribution in [0.5, 0.6) is 0 Å². The fourth-order valence-corrected chi connectivity index (χ4v) is 1.66. The average Bonchev–Trinajstić information content (AvgIpc) is 2.51. The van der Waals surface area contributed by atoms with Crippen LogP contribution in [-0.4, -0.2) is 36.7 Å². The number of ether oxygens (including phenoxy) is 2. The van der Waals surface area contributed by atoms with Crippen LogP contribution in [0, 0.1) is 11.3 Å². The van der Waals surface area contributed by atoms with Gasteiger partial charge in [0.2, 0.25) is 0 Å². The predicted octanol–water partition coefficient (Wildman–Crippen LogP) is 1.95. The van der Waals surface area contributed by atoms with E-state index in [9.17, 15) is 14.4 Å². The molecule has 1 aromatic rings. The SMILES string of the molecule is CC(C)(C)OC(=O)NCCC(=O)OCC(=O)Nc1cccc(C#N)c1. The summed E-state index contributed by atoms with van der Waals surface area (Å²) in [5, 5.41) is 13.7. The molecule has 134 valence electrons. The molecule has 2 amide bonds.